The highest BCUT2D eigenvalue weighted by Crippen LogP contribution is 2.20. The molecule has 2 aromatic carbocycles. The van der Waals surface area contributed by atoms with Gasteiger partial charge in [-0.2, -0.15) is 0 Å². The molecule has 7 heteroatoms. The summed E-state index contributed by atoms with van der Waals surface area (Å²) in [6.45, 7) is 3.61. The van der Waals surface area contributed by atoms with E-state index >= 15 is 0 Å². The molecule has 1 aromatic heterocycles. The molecule has 0 unspecified atom stereocenters. The van der Waals surface area contributed by atoms with Crippen LogP contribution < -0.4 is 15.6 Å². The van der Waals surface area contributed by atoms with E-state index in [1.165, 1.54) is 10.6 Å². The van der Waals surface area contributed by atoms with Crippen LogP contribution in [-0.2, 0) is 11.3 Å². The van der Waals surface area contributed by atoms with E-state index in [2.05, 4.69) is 5.32 Å². The van der Waals surface area contributed by atoms with E-state index in [1.54, 1.807) is 42.6 Å². The van der Waals surface area contributed by atoms with Crippen molar-refractivity contribution >= 4 is 23.2 Å². The highest BCUT2D eigenvalue weighted by atomic mass is 35.5. The maximum atomic E-state index is 12.8. The van der Waals surface area contributed by atoms with Gasteiger partial charge in [0.15, 0.2) is 0 Å². The average Bonchev–Trinajstić information content (AvgIpc) is 2.75. The second-order valence-corrected chi connectivity index (χ2v) is 6.88. The maximum Gasteiger partial charge on any atom is 0.259 e. The van der Waals surface area contributed by atoms with Crippen molar-refractivity contribution in [1.29, 1.82) is 0 Å². The first-order chi connectivity index (χ1) is 14.6. The summed E-state index contributed by atoms with van der Waals surface area (Å²) in [5.74, 6) is 0.143. The molecule has 0 saturated carbocycles. The van der Waals surface area contributed by atoms with Gasteiger partial charge in [-0.25, -0.2) is 0 Å². The number of carbonyl (C=O) groups is 1. The van der Waals surface area contributed by atoms with Crippen molar-refractivity contribution < 1.29 is 14.3 Å². The van der Waals surface area contributed by atoms with Gasteiger partial charge < -0.3 is 19.4 Å². The lowest BCUT2D eigenvalue weighted by molar-refractivity contribution is 0.0998. The Kier molecular flexibility index (Phi) is 7.65. The number of anilines is 1. The van der Waals surface area contributed by atoms with Crippen molar-refractivity contribution in [2.75, 3.05) is 25.1 Å². The molecule has 30 heavy (non-hydrogen) atoms. The summed E-state index contributed by atoms with van der Waals surface area (Å²) in [7, 11) is 0. The lowest BCUT2D eigenvalue weighted by Crippen LogP contribution is -2.21. The number of para-hydroxylation sites is 1. The van der Waals surface area contributed by atoms with Crippen LogP contribution in [0.3, 0.4) is 0 Å². The minimum atomic E-state index is -0.329. The molecule has 0 aliphatic rings. The average molecular weight is 427 g/mol. The molecular weight excluding hydrogens is 404 g/mol. The summed E-state index contributed by atoms with van der Waals surface area (Å²) in [5, 5.41) is 3.41. The van der Waals surface area contributed by atoms with Crippen molar-refractivity contribution in [3.8, 4) is 5.75 Å². The van der Waals surface area contributed by atoms with E-state index in [4.69, 9.17) is 21.1 Å². The van der Waals surface area contributed by atoms with Crippen LogP contribution in [0.2, 0.25) is 5.02 Å². The zero-order valence-corrected chi connectivity index (χ0v) is 17.4. The van der Waals surface area contributed by atoms with E-state index in [0.717, 1.165) is 5.56 Å². The molecule has 0 saturated heterocycles. The van der Waals surface area contributed by atoms with E-state index in [-0.39, 0.29) is 11.5 Å². The van der Waals surface area contributed by atoms with Crippen LogP contribution in [0.1, 0.15) is 22.8 Å². The Labute approximate surface area is 180 Å². The van der Waals surface area contributed by atoms with Gasteiger partial charge >= 0.3 is 0 Å². The predicted molar refractivity (Wildman–Crippen MR) is 118 cm³/mol. The van der Waals surface area contributed by atoms with Gasteiger partial charge in [-0.3, -0.25) is 9.59 Å². The first kappa shape index (κ1) is 21.6. The molecule has 3 aromatic rings. The Morgan fingerprint density at radius 2 is 1.80 bits per heavy atom. The summed E-state index contributed by atoms with van der Waals surface area (Å²) in [6.07, 6.45) is 1.60. The summed E-state index contributed by atoms with van der Waals surface area (Å²) >= 11 is 6.20. The molecular formula is C23H23ClN2O4. The fraction of sp³-hybridized carbons (Fsp3) is 0.217. The van der Waals surface area contributed by atoms with Crippen molar-refractivity contribution in [2.24, 2.45) is 0 Å². The fourth-order valence-corrected chi connectivity index (χ4v) is 3.07. The summed E-state index contributed by atoms with van der Waals surface area (Å²) < 4.78 is 12.4. The van der Waals surface area contributed by atoms with Crippen molar-refractivity contribution in [3.05, 3.63) is 93.4 Å². The van der Waals surface area contributed by atoms with Gasteiger partial charge in [0, 0.05) is 23.9 Å². The lowest BCUT2D eigenvalue weighted by atomic mass is 10.2. The molecule has 0 aliphatic carbocycles. The van der Waals surface area contributed by atoms with Crippen LogP contribution in [0.15, 0.2) is 71.7 Å². The number of benzene rings is 2. The third kappa shape index (κ3) is 5.72. The Morgan fingerprint density at radius 1 is 1.03 bits per heavy atom. The number of halogens is 1. The number of pyridine rings is 1. The second kappa shape index (κ2) is 10.6. The SMILES string of the molecule is CCOCCOc1ccccc1C(=O)Nc1ccc(=O)n(Cc2ccccc2Cl)c1. The molecule has 0 bridgehead atoms. The number of rotatable bonds is 9. The largest absolute Gasteiger partial charge is 0.490 e. The minimum Gasteiger partial charge on any atom is -0.490 e. The third-order valence-corrected chi connectivity index (χ3v) is 4.73. The van der Waals surface area contributed by atoms with Crippen LogP contribution >= 0.6 is 11.6 Å². The van der Waals surface area contributed by atoms with Gasteiger partial charge in [0.05, 0.1) is 24.4 Å². The Bertz CT molecular complexity index is 1060. The van der Waals surface area contributed by atoms with Crippen LogP contribution in [0.4, 0.5) is 5.69 Å². The fourth-order valence-electron chi connectivity index (χ4n) is 2.87. The Balaban J connectivity index is 1.75. The molecule has 1 heterocycles. The number of amides is 1. The van der Waals surface area contributed by atoms with Gasteiger partial charge in [0.2, 0.25) is 0 Å². The molecule has 0 radical (unpaired) electrons. The van der Waals surface area contributed by atoms with Crippen LogP contribution in [0.25, 0.3) is 0 Å². The molecule has 0 atom stereocenters. The standard InChI is InChI=1S/C23H23ClN2O4/c1-2-29-13-14-30-21-10-6-4-8-19(21)23(28)25-18-11-12-22(27)26(16-18)15-17-7-3-5-9-20(17)24/h3-12,16H,2,13-15H2,1H3,(H,25,28). The van der Waals surface area contributed by atoms with Crippen LogP contribution in [0, 0.1) is 0 Å². The second-order valence-electron chi connectivity index (χ2n) is 6.47. The zero-order chi connectivity index (χ0) is 21.3. The van der Waals surface area contributed by atoms with Crippen molar-refractivity contribution in [2.45, 2.75) is 13.5 Å². The normalized spacial score (nSPS) is 10.6. The number of nitrogens with one attached hydrogen (secondary N) is 1. The highest BCUT2D eigenvalue weighted by Gasteiger charge is 2.13. The van der Waals surface area contributed by atoms with Gasteiger partial charge in [0.25, 0.3) is 11.5 Å². The van der Waals surface area contributed by atoms with Crippen molar-refractivity contribution in [1.82, 2.24) is 4.57 Å². The van der Waals surface area contributed by atoms with Crippen LogP contribution in [0.5, 0.6) is 5.75 Å². The summed E-state index contributed by atoms with van der Waals surface area (Å²) in [4.78, 5) is 25.0. The molecule has 0 aliphatic heterocycles. The van der Waals surface area contributed by atoms with Crippen LogP contribution in [-0.4, -0.2) is 30.3 Å². The Morgan fingerprint density at radius 3 is 2.60 bits per heavy atom. The van der Waals surface area contributed by atoms with E-state index in [1.807, 2.05) is 25.1 Å². The smallest absolute Gasteiger partial charge is 0.259 e. The summed E-state index contributed by atoms with van der Waals surface area (Å²) in [5.41, 5.74) is 1.53. The first-order valence-corrected chi connectivity index (χ1v) is 10.0. The maximum absolute atomic E-state index is 12.8. The minimum absolute atomic E-state index is 0.187. The van der Waals surface area contributed by atoms with Crippen molar-refractivity contribution in [3.63, 3.8) is 0 Å². The highest BCUT2D eigenvalue weighted by molar-refractivity contribution is 6.31. The van der Waals surface area contributed by atoms with Gasteiger partial charge in [0.1, 0.15) is 12.4 Å². The molecule has 1 N–H and O–H groups in total. The number of hydrogen-bond acceptors (Lipinski definition) is 4. The zero-order valence-electron chi connectivity index (χ0n) is 16.6. The predicted octanol–water partition coefficient (Wildman–Crippen LogP) is 4.22. The molecule has 3 rings (SSSR count). The van der Waals surface area contributed by atoms with E-state index in [0.29, 0.717) is 48.4 Å². The van der Waals surface area contributed by atoms with E-state index < -0.39 is 0 Å². The topological polar surface area (TPSA) is 69.6 Å². The van der Waals surface area contributed by atoms with Gasteiger partial charge in [-0.1, -0.05) is 41.9 Å². The third-order valence-electron chi connectivity index (χ3n) is 4.36. The Hall–Kier alpha value is -3.09. The molecule has 1 amide bonds. The number of hydrogen-bond donors (Lipinski definition) is 1. The molecule has 6 nitrogen and oxygen atoms in total. The first-order valence-electron chi connectivity index (χ1n) is 9.63. The molecule has 156 valence electrons. The quantitative estimate of drug-likeness (QED) is 0.520. The van der Waals surface area contributed by atoms with E-state index in [9.17, 15) is 9.59 Å². The number of carbonyl (C=O) groups excluding carboxylic acids is 1. The molecule has 0 fully saturated rings. The molecule has 0 spiro atoms. The number of nitrogens with zero attached hydrogens (tertiary/aromatic N) is 1. The van der Waals surface area contributed by atoms with Gasteiger partial charge in [-0.15, -0.1) is 0 Å². The lowest BCUT2D eigenvalue weighted by Gasteiger charge is -2.13. The van der Waals surface area contributed by atoms with Gasteiger partial charge in [-0.05, 0) is 36.8 Å². The number of ether oxygens (including phenoxy) is 2. The monoisotopic (exact) mass is 426 g/mol. The summed E-state index contributed by atoms with van der Waals surface area (Å²) in [6, 6.07) is 17.3. The number of aromatic nitrogens is 1.